The summed E-state index contributed by atoms with van der Waals surface area (Å²) in [5.41, 5.74) is 14.0. The Bertz CT molecular complexity index is 895. The third kappa shape index (κ3) is 3.03. The van der Waals surface area contributed by atoms with Crippen LogP contribution in [0.1, 0.15) is 28.7 Å². The van der Waals surface area contributed by atoms with E-state index in [4.69, 9.17) is 11.5 Å². The van der Waals surface area contributed by atoms with E-state index in [1.807, 2.05) is 24.3 Å². The molecule has 7 heteroatoms. The van der Waals surface area contributed by atoms with Crippen LogP contribution in [0, 0.1) is 0 Å². The van der Waals surface area contributed by atoms with Crippen molar-refractivity contribution in [1.82, 2.24) is 19.9 Å². The van der Waals surface area contributed by atoms with Gasteiger partial charge in [-0.1, -0.05) is 31.2 Å². The number of benzene rings is 1. The van der Waals surface area contributed by atoms with Gasteiger partial charge in [-0.05, 0) is 24.1 Å². The largest absolute Gasteiger partial charge is 0.382 e. The van der Waals surface area contributed by atoms with Crippen molar-refractivity contribution in [3.63, 3.8) is 0 Å². The van der Waals surface area contributed by atoms with Gasteiger partial charge in [-0.2, -0.15) is 9.97 Å². The molecular formula is C16H16N6O. The summed E-state index contributed by atoms with van der Waals surface area (Å²) in [7, 11) is 0. The number of anilines is 2. The van der Waals surface area contributed by atoms with E-state index in [1.54, 1.807) is 6.08 Å². The zero-order chi connectivity index (χ0) is 16.4. The lowest BCUT2D eigenvalue weighted by atomic mass is 10.1. The third-order valence-electron chi connectivity index (χ3n) is 3.45. The van der Waals surface area contributed by atoms with Gasteiger partial charge in [-0.3, -0.25) is 4.79 Å². The van der Waals surface area contributed by atoms with Crippen LogP contribution in [0.25, 0.3) is 17.2 Å². The number of hydrogen-bond donors (Lipinski definition) is 3. The van der Waals surface area contributed by atoms with Crippen molar-refractivity contribution < 1.29 is 4.79 Å². The molecule has 0 fully saturated rings. The quantitative estimate of drug-likeness (QED) is 0.500. The second kappa shape index (κ2) is 5.88. The van der Waals surface area contributed by atoms with Crippen molar-refractivity contribution in [1.29, 1.82) is 0 Å². The van der Waals surface area contributed by atoms with Crippen molar-refractivity contribution in [2.24, 2.45) is 0 Å². The monoisotopic (exact) mass is 308 g/mol. The Hall–Kier alpha value is -3.22. The molecule has 0 unspecified atom stereocenters. The number of nitrogens with one attached hydrogen (secondary N) is 1. The number of rotatable bonds is 4. The molecule has 3 aromatic rings. The highest BCUT2D eigenvalue weighted by atomic mass is 16.1. The number of aryl methyl sites for hydroxylation is 1. The van der Waals surface area contributed by atoms with Gasteiger partial charge in [0, 0.05) is 5.56 Å². The Kier molecular flexibility index (Phi) is 3.76. The molecule has 0 spiro atoms. The molecule has 3 rings (SSSR count). The number of hydrogen-bond acceptors (Lipinski definition) is 6. The molecule has 7 nitrogen and oxygen atoms in total. The number of nitrogen functional groups attached to an aromatic ring is 2. The fourth-order valence-electron chi connectivity index (χ4n) is 2.19. The first-order valence-electron chi connectivity index (χ1n) is 7.17. The van der Waals surface area contributed by atoms with Crippen molar-refractivity contribution in [2.75, 3.05) is 11.5 Å². The van der Waals surface area contributed by atoms with Crippen molar-refractivity contribution in [3.8, 4) is 0 Å². The average Bonchev–Trinajstić information content (AvgIpc) is 2.96. The maximum atomic E-state index is 12.2. The molecule has 0 aliphatic heterocycles. The molecule has 1 aromatic carbocycles. The number of fused-ring (bicyclic) bond motifs is 1. The number of carbonyl (C=O) groups is 1. The molecule has 116 valence electrons. The van der Waals surface area contributed by atoms with Crippen LogP contribution < -0.4 is 11.5 Å². The minimum Gasteiger partial charge on any atom is -0.382 e. The predicted octanol–water partition coefficient (Wildman–Crippen LogP) is 1.98. The van der Waals surface area contributed by atoms with E-state index in [2.05, 4.69) is 26.9 Å². The van der Waals surface area contributed by atoms with E-state index >= 15 is 0 Å². The Morgan fingerprint density at radius 2 is 1.91 bits per heavy atom. The molecule has 2 heterocycles. The Morgan fingerprint density at radius 1 is 1.17 bits per heavy atom. The molecule has 23 heavy (non-hydrogen) atoms. The summed E-state index contributed by atoms with van der Waals surface area (Å²) in [6, 6.07) is 7.52. The fraction of sp³-hybridized carbons (Fsp3) is 0.125. The van der Waals surface area contributed by atoms with Crippen LogP contribution in [0.3, 0.4) is 0 Å². The van der Waals surface area contributed by atoms with Crippen LogP contribution in [-0.4, -0.2) is 25.7 Å². The van der Waals surface area contributed by atoms with Gasteiger partial charge in [0.25, 0.3) is 0 Å². The normalized spacial score (nSPS) is 11.3. The fourth-order valence-corrected chi connectivity index (χ4v) is 2.19. The van der Waals surface area contributed by atoms with E-state index in [1.165, 1.54) is 11.6 Å². The van der Waals surface area contributed by atoms with Gasteiger partial charge in [-0.15, -0.1) is 0 Å². The Balaban J connectivity index is 1.84. The summed E-state index contributed by atoms with van der Waals surface area (Å²) in [5.74, 6) is 0.641. The van der Waals surface area contributed by atoms with Crippen LogP contribution in [0.15, 0.2) is 30.3 Å². The lowest BCUT2D eigenvalue weighted by molar-refractivity contribution is 0.104. The smallest absolute Gasteiger partial charge is 0.224 e. The van der Waals surface area contributed by atoms with Gasteiger partial charge in [-0.25, -0.2) is 4.98 Å². The number of nitrogens with two attached hydrogens (primary N) is 2. The molecule has 0 saturated carbocycles. The summed E-state index contributed by atoms with van der Waals surface area (Å²) < 4.78 is 0. The average molecular weight is 308 g/mol. The van der Waals surface area contributed by atoms with Crippen LogP contribution >= 0.6 is 0 Å². The maximum Gasteiger partial charge on any atom is 0.224 e. The van der Waals surface area contributed by atoms with Gasteiger partial charge in [0.05, 0.1) is 0 Å². The van der Waals surface area contributed by atoms with E-state index in [9.17, 15) is 4.79 Å². The zero-order valence-electron chi connectivity index (χ0n) is 12.6. The van der Waals surface area contributed by atoms with Gasteiger partial charge >= 0.3 is 0 Å². The van der Waals surface area contributed by atoms with E-state index in [0.29, 0.717) is 22.6 Å². The van der Waals surface area contributed by atoms with E-state index in [-0.39, 0.29) is 17.5 Å². The van der Waals surface area contributed by atoms with Crippen molar-refractivity contribution >= 4 is 34.8 Å². The summed E-state index contributed by atoms with van der Waals surface area (Å²) >= 11 is 0. The van der Waals surface area contributed by atoms with Crippen molar-refractivity contribution in [3.05, 3.63) is 47.3 Å². The standard InChI is InChI=1S/C16H16N6O/c1-2-9-3-5-10(6-4-9)11(23)7-8-12-19-13-14(17)21-16(18)22-15(13)20-12/h3-8H,2H2,1H3,(H5,17,18,19,20,21,22)/b8-7+. The highest BCUT2D eigenvalue weighted by Crippen LogP contribution is 2.16. The van der Waals surface area contributed by atoms with Gasteiger partial charge in [0.1, 0.15) is 11.3 Å². The first-order chi connectivity index (χ1) is 11.1. The van der Waals surface area contributed by atoms with Crippen LogP contribution in [0.4, 0.5) is 11.8 Å². The molecule has 0 saturated heterocycles. The Labute approximate surface area is 132 Å². The lowest BCUT2D eigenvalue weighted by Crippen LogP contribution is -1.99. The minimum atomic E-state index is -0.105. The molecular weight excluding hydrogens is 292 g/mol. The number of H-pyrrole nitrogens is 1. The number of allylic oxidation sites excluding steroid dienone is 1. The number of aromatic amines is 1. The lowest BCUT2D eigenvalue weighted by Gasteiger charge is -1.98. The third-order valence-corrected chi connectivity index (χ3v) is 3.45. The molecule has 2 aromatic heterocycles. The minimum absolute atomic E-state index is 0.0594. The van der Waals surface area contributed by atoms with Crippen LogP contribution in [-0.2, 0) is 6.42 Å². The maximum absolute atomic E-state index is 12.2. The first kappa shape index (κ1) is 14.7. The molecule has 0 radical (unpaired) electrons. The molecule has 0 bridgehead atoms. The number of aromatic nitrogens is 4. The number of ketones is 1. The van der Waals surface area contributed by atoms with Gasteiger partial charge in [0.2, 0.25) is 5.95 Å². The Morgan fingerprint density at radius 3 is 2.61 bits per heavy atom. The van der Waals surface area contributed by atoms with Crippen LogP contribution in [0.2, 0.25) is 0 Å². The highest BCUT2D eigenvalue weighted by Gasteiger charge is 2.08. The number of carbonyl (C=O) groups excluding carboxylic acids is 1. The van der Waals surface area contributed by atoms with Gasteiger partial charge < -0.3 is 16.5 Å². The van der Waals surface area contributed by atoms with E-state index in [0.717, 1.165) is 6.42 Å². The first-order valence-corrected chi connectivity index (χ1v) is 7.17. The molecule has 5 N–H and O–H groups in total. The predicted molar refractivity (Wildman–Crippen MR) is 89.7 cm³/mol. The molecule has 0 atom stereocenters. The summed E-state index contributed by atoms with van der Waals surface area (Å²) in [4.78, 5) is 27.2. The second-order valence-electron chi connectivity index (χ2n) is 5.04. The van der Waals surface area contributed by atoms with Crippen LogP contribution in [0.5, 0.6) is 0 Å². The second-order valence-corrected chi connectivity index (χ2v) is 5.04. The summed E-state index contributed by atoms with van der Waals surface area (Å²) in [6.45, 7) is 2.07. The topological polar surface area (TPSA) is 124 Å². The molecule has 0 aliphatic rings. The summed E-state index contributed by atoms with van der Waals surface area (Å²) in [6.07, 6.45) is 3.97. The SMILES string of the molecule is CCc1ccc(C(=O)/C=C/c2nc3nc(N)nc(N)c3[nH]2)cc1. The van der Waals surface area contributed by atoms with E-state index < -0.39 is 0 Å². The zero-order valence-corrected chi connectivity index (χ0v) is 12.6. The molecule has 0 aliphatic carbocycles. The molecule has 0 amide bonds. The van der Waals surface area contributed by atoms with Gasteiger partial charge in [0.15, 0.2) is 17.2 Å². The highest BCUT2D eigenvalue weighted by molar-refractivity contribution is 6.06. The summed E-state index contributed by atoms with van der Waals surface area (Å²) in [5, 5.41) is 0. The van der Waals surface area contributed by atoms with Crippen molar-refractivity contribution in [2.45, 2.75) is 13.3 Å². The number of imidazole rings is 1. The number of nitrogens with zero attached hydrogens (tertiary/aromatic N) is 3.